The predicted molar refractivity (Wildman–Crippen MR) is 90.9 cm³/mol. The first-order valence-electron chi connectivity index (χ1n) is 7.16. The lowest BCUT2D eigenvalue weighted by Gasteiger charge is -2.15. The quantitative estimate of drug-likeness (QED) is 0.762. The number of benzene rings is 2. The minimum atomic E-state index is 0.0423. The van der Waals surface area contributed by atoms with Crippen molar-refractivity contribution < 1.29 is 0 Å². The number of hydrogen-bond donors (Lipinski definition) is 1. The molecule has 0 aliphatic rings. The molecule has 1 heterocycles. The van der Waals surface area contributed by atoms with Gasteiger partial charge in [-0.3, -0.25) is 0 Å². The number of aromatic nitrogens is 4. The van der Waals surface area contributed by atoms with Crippen LogP contribution in [0.2, 0.25) is 10.0 Å². The lowest BCUT2D eigenvalue weighted by Crippen LogP contribution is -2.21. The summed E-state index contributed by atoms with van der Waals surface area (Å²) in [5, 5.41) is 16.5. The van der Waals surface area contributed by atoms with E-state index in [0.717, 1.165) is 17.1 Å². The van der Waals surface area contributed by atoms with Crippen molar-refractivity contribution in [2.24, 2.45) is 0 Å². The molecule has 1 aromatic heterocycles. The van der Waals surface area contributed by atoms with Gasteiger partial charge in [-0.05, 0) is 47.2 Å². The molecule has 118 valence electrons. The van der Waals surface area contributed by atoms with E-state index in [0.29, 0.717) is 16.6 Å². The first-order valence-corrected chi connectivity index (χ1v) is 7.92. The summed E-state index contributed by atoms with van der Waals surface area (Å²) in [6.45, 7) is 2.55. The number of nitrogens with one attached hydrogen (secondary N) is 1. The third-order valence-corrected chi connectivity index (χ3v) is 4.09. The van der Waals surface area contributed by atoms with E-state index in [1.807, 2.05) is 49.4 Å². The van der Waals surface area contributed by atoms with Crippen LogP contribution in [0.15, 0.2) is 48.5 Å². The Hall–Kier alpha value is -1.95. The molecule has 5 nitrogen and oxygen atoms in total. The van der Waals surface area contributed by atoms with Crippen molar-refractivity contribution in [3.8, 4) is 5.69 Å². The number of tetrazole rings is 1. The maximum absolute atomic E-state index is 6.24. The van der Waals surface area contributed by atoms with Crippen molar-refractivity contribution in [3.05, 3.63) is 70.0 Å². The molecular weight excluding hydrogens is 333 g/mol. The standard InChI is InChI=1S/C16H15Cl2N5/c1-11(14-8-7-12(17)9-15(14)18)19-10-16-20-21-22-23(16)13-5-3-2-4-6-13/h2-9,11,19H,10H2,1H3. The minimum Gasteiger partial charge on any atom is -0.303 e. The molecule has 3 rings (SSSR count). The molecule has 7 heteroatoms. The number of rotatable bonds is 5. The zero-order valence-corrected chi connectivity index (χ0v) is 14.0. The van der Waals surface area contributed by atoms with Gasteiger partial charge in [-0.25, -0.2) is 0 Å². The first-order chi connectivity index (χ1) is 11.1. The molecule has 1 atom stereocenters. The number of para-hydroxylation sites is 1. The highest BCUT2D eigenvalue weighted by atomic mass is 35.5. The van der Waals surface area contributed by atoms with E-state index in [1.54, 1.807) is 10.7 Å². The van der Waals surface area contributed by atoms with Crippen LogP contribution in [0.5, 0.6) is 0 Å². The van der Waals surface area contributed by atoms with Gasteiger partial charge in [0, 0.05) is 16.1 Å². The summed E-state index contributed by atoms with van der Waals surface area (Å²) in [6, 6.07) is 15.3. The molecule has 0 spiro atoms. The second-order valence-electron chi connectivity index (χ2n) is 5.11. The second-order valence-corrected chi connectivity index (χ2v) is 5.95. The normalized spacial score (nSPS) is 12.3. The van der Waals surface area contributed by atoms with Crippen LogP contribution in [-0.4, -0.2) is 20.2 Å². The molecule has 1 N–H and O–H groups in total. The van der Waals surface area contributed by atoms with Crippen LogP contribution >= 0.6 is 23.2 Å². The molecule has 0 aliphatic carbocycles. The van der Waals surface area contributed by atoms with E-state index < -0.39 is 0 Å². The van der Waals surface area contributed by atoms with Gasteiger partial charge in [0.15, 0.2) is 5.82 Å². The minimum absolute atomic E-state index is 0.0423. The molecule has 0 fully saturated rings. The smallest absolute Gasteiger partial charge is 0.170 e. The van der Waals surface area contributed by atoms with Gasteiger partial charge >= 0.3 is 0 Å². The Morgan fingerprint density at radius 3 is 2.65 bits per heavy atom. The fourth-order valence-corrected chi connectivity index (χ4v) is 2.86. The third-order valence-electron chi connectivity index (χ3n) is 3.53. The summed E-state index contributed by atoms with van der Waals surface area (Å²) < 4.78 is 1.71. The number of halogens is 2. The fourth-order valence-electron chi connectivity index (χ4n) is 2.29. The topological polar surface area (TPSA) is 55.6 Å². The Morgan fingerprint density at radius 1 is 1.13 bits per heavy atom. The molecule has 1 unspecified atom stereocenters. The largest absolute Gasteiger partial charge is 0.303 e. The summed E-state index contributed by atoms with van der Waals surface area (Å²) in [7, 11) is 0. The highest BCUT2D eigenvalue weighted by Gasteiger charge is 2.13. The van der Waals surface area contributed by atoms with Crippen molar-refractivity contribution in [1.29, 1.82) is 0 Å². The Labute approximate surface area is 144 Å². The summed E-state index contributed by atoms with van der Waals surface area (Å²) in [4.78, 5) is 0. The van der Waals surface area contributed by atoms with Crippen LogP contribution in [0, 0.1) is 0 Å². The Bertz CT molecular complexity index is 788. The van der Waals surface area contributed by atoms with E-state index in [2.05, 4.69) is 20.8 Å². The predicted octanol–water partition coefficient (Wildman–Crippen LogP) is 3.82. The van der Waals surface area contributed by atoms with Gasteiger partial charge in [0.2, 0.25) is 0 Å². The highest BCUT2D eigenvalue weighted by molar-refractivity contribution is 6.35. The van der Waals surface area contributed by atoms with Crippen molar-refractivity contribution >= 4 is 23.2 Å². The Morgan fingerprint density at radius 2 is 1.91 bits per heavy atom. The molecule has 2 aromatic carbocycles. The summed E-state index contributed by atoms with van der Waals surface area (Å²) in [5.41, 5.74) is 1.90. The molecule has 23 heavy (non-hydrogen) atoms. The van der Waals surface area contributed by atoms with Crippen LogP contribution < -0.4 is 5.32 Å². The lowest BCUT2D eigenvalue weighted by atomic mass is 10.1. The number of hydrogen-bond acceptors (Lipinski definition) is 4. The van der Waals surface area contributed by atoms with E-state index >= 15 is 0 Å². The molecule has 0 saturated heterocycles. The van der Waals surface area contributed by atoms with Gasteiger partial charge < -0.3 is 5.32 Å². The van der Waals surface area contributed by atoms with Crippen LogP contribution in [-0.2, 0) is 6.54 Å². The Balaban J connectivity index is 1.73. The monoisotopic (exact) mass is 347 g/mol. The van der Waals surface area contributed by atoms with E-state index in [9.17, 15) is 0 Å². The molecule has 0 bridgehead atoms. The average Bonchev–Trinajstić information content (AvgIpc) is 3.02. The SMILES string of the molecule is CC(NCc1nnnn1-c1ccccc1)c1ccc(Cl)cc1Cl. The van der Waals surface area contributed by atoms with E-state index in [4.69, 9.17) is 23.2 Å². The summed E-state index contributed by atoms with van der Waals surface area (Å²) in [5.74, 6) is 0.730. The van der Waals surface area contributed by atoms with Gasteiger partial charge in [0.1, 0.15) is 0 Å². The van der Waals surface area contributed by atoms with E-state index in [-0.39, 0.29) is 6.04 Å². The fraction of sp³-hybridized carbons (Fsp3) is 0.188. The van der Waals surface area contributed by atoms with Gasteiger partial charge in [0.25, 0.3) is 0 Å². The maximum Gasteiger partial charge on any atom is 0.170 e. The van der Waals surface area contributed by atoms with Crippen LogP contribution in [0.1, 0.15) is 24.4 Å². The second kappa shape index (κ2) is 7.08. The number of nitrogens with zero attached hydrogens (tertiary/aromatic N) is 4. The van der Waals surface area contributed by atoms with Crippen LogP contribution in [0.3, 0.4) is 0 Å². The molecule has 0 radical (unpaired) electrons. The lowest BCUT2D eigenvalue weighted by molar-refractivity contribution is 0.551. The summed E-state index contributed by atoms with van der Waals surface area (Å²) >= 11 is 12.2. The van der Waals surface area contributed by atoms with Gasteiger partial charge in [-0.1, -0.05) is 47.5 Å². The van der Waals surface area contributed by atoms with Crippen molar-refractivity contribution in [1.82, 2.24) is 25.5 Å². The van der Waals surface area contributed by atoms with Crippen LogP contribution in [0.4, 0.5) is 0 Å². The zero-order valence-electron chi connectivity index (χ0n) is 12.4. The maximum atomic E-state index is 6.24. The molecule has 0 saturated carbocycles. The molecule has 3 aromatic rings. The first kappa shape index (κ1) is 15.9. The average molecular weight is 348 g/mol. The van der Waals surface area contributed by atoms with Crippen molar-refractivity contribution in [2.75, 3.05) is 0 Å². The van der Waals surface area contributed by atoms with Gasteiger partial charge in [-0.2, -0.15) is 4.68 Å². The highest BCUT2D eigenvalue weighted by Crippen LogP contribution is 2.26. The van der Waals surface area contributed by atoms with Gasteiger partial charge in [-0.15, -0.1) is 5.10 Å². The Kier molecular flexibility index (Phi) is 4.91. The molecule has 0 aliphatic heterocycles. The molecule has 0 amide bonds. The van der Waals surface area contributed by atoms with Crippen LogP contribution in [0.25, 0.3) is 5.69 Å². The zero-order chi connectivity index (χ0) is 16.2. The summed E-state index contributed by atoms with van der Waals surface area (Å²) in [6.07, 6.45) is 0. The third kappa shape index (κ3) is 3.69. The van der Waals surface area contributed by atoms with Crippen molar-refractivity contribution in [2.45, 2.75) is 19.5 Å². The molecular formula is C16H15Cl2N5. The van der Waals surface area contributed by atoms with E-state index in [1.165, 1.54) is 0 Å². The van der Waals surface area contributed by atoms with Gasteiger partial charge in [0.05, 0.1) is 12.2 Å². The van der Waals surface area contributed by atoms with Crippen molar-refractivity contribution in [3.63, 3.8) is 0 Å².